The Bertz CT molecular complexity index is 882. The van der Waals surface area contributed by atoms with Crippen LogP contribution in [-0.4, -0.2) is 44.3 Å². The van der Waals surface area contributed by atoms with E-state index in [9.17, 15) is 4.79 Å². The van der Waals surface area contributed by atoms with Crippen LogP contribution in [0.1, 0.15) is 48.6 Å². The highest BCUT2D eigenvalue weighted by Crippen LogP contribution is 2.40. The highest BCUT2D eigenvalue weighted by molar-refractivity contribution is 5.74. The van der Waals surface area contributed by atoms with Gasteiger partial charge >= 0.3 is 6.03 Å². The van der Waals surface area contributed by atoms with Crippen LogP contribution in [0.15, 0.2) is 36.4 Å². The molecule has 1 heterocycles. The number of benzene rings is 2. The van der Waals surface area contributed by atoms with Gasteiger partial charge in [-0.25, -0.2) is 4.79 Å². The molecule has 2 N–H and O–H groups in total. The van der Waals surface area contributed by atoms with Gasteiger partial charge in [0.2, 0.25) is 0 Å². The molecule has 168 valence electrons. The summed E-state index contributed by atoms with van der Waals surface area (Å²) >= 11 is 0. The molecule has 2 amide bonds. The molecule has 6 nitrogen and oxygen atoms in total. The summed E-state index contributed by atoms with van der Waals surface area (Å²) in [4.78, 5) is 14.9. The molecule has 2 aromatic rings. The number of ether oxygens (including phenoxy) is 2. The van der Waals surface area contributed by atoms with E-state index in [0.717, 1.165) is 31.7 Å². The van der Waals surface area contributed by atoms with Gasteiger partial charge in [-0.05, 0) is 55.5 Å². The Hall–Kier alpha value is -2.73. The number of rotatable bonds is 8. The van der Waals surface area contributed by atoms with Crippen molar-refractivity contribution >= 4 is 6.03 Å². The maximum atomic E-state index is 12.4. The van der Waals surface area contributed by atoms with Crippen LogP contribution < -0.4 is 20.1 Å². The first-order valence-electron chi connectivity index (χ1n) is 11.1. The lowest BCUT2D eigenvalue weighted by Gasteiger charge is -2.41. The summed E-state index contributed by atoms with van der Waals surface area (Å²) in [6, 6.07) is 12.6. The van der Waals surface area contributed by atoms with Gasteiger partial charge in [0.15, 0.2) is 11.5 Å². The number of nitrogens with one attached hydrogen (secondary N) is 2. The summed E-state index contributed by atoms with van der Waals surface area (Å²) in [6.07, 6.45) is 1.83. The summed E-state index contributed by atoms with van der Waals surface area (Å²) in [7, 11) is 3.32. The molecular formula is C25H35N3O3. The van der Waals surface area contributed by atoms with Crippen molar-refractivity contribution in [3.05, 3.63) is 58.7 Å². The number of hydrogen-bond acceptors (Lipinski definition) is 4. The highest BCUT2D eigenvalue weighted by atomic mass is 16.5. The third kappa shape index (κ3) is 5.50. The zero-order valence-corrected chi connectivity index (χ0v) is 19.3. The number of urea groups is 1. The van der Waals surface area contributed by atoms with E-state index in [1.165, 1.54) is 22.3 Å². The van der Waals surface area contributed by atoms with Crippen LogP contribution in [0, 0.1) is 6.92 Å². The summed E-state index contributed by atoms with van der Waals surface area (Å²) in [5.74, 6) is 1.46. The van der Waals surface area contributed by atoms with Crippen molar-refractivity contribution in [1.29, 1.82) is 0 Å². The fourth-order valence-electron chi connectivity index (χ4n) is 4.29. The van der Waals surface area contributed by atoms with Crippen LogP contribution >= 0.6 is 0 Å². The van der Waals surface area contributed by atoms with Gasteiger partial charge in [0.25, 0.3) is 0 Å². The normalized spacial score (nSPS) is 16.9. The standard InChI is InChI=1S/C25H35N3O3/c1-6-12-26-25(29)27-18(3)24-21-15-23(31-5)22(30-4)14-20(21)11-13-28(24)16-19-9-7-17(2)8-10-19/h7-10,14-15,18,24H,6,11-13,16H2,1-5H3,(H2,26,27,29). The topological polar surface area (TPSA) is 62.8 Å². The van der Waals surface area contributed by atoms with Gasteiger partial charge in [-0.1, -0.05) is 36.8 Å². The average molecular weight is 426 g/mol. The number of aryl methyl sites for hydroxylation is 1. The third-order valence-electron chi connectivity index (χ3n) is 5.90. The molecule has 1 aliphatic rings. The predicted octanol–water partition coefficient (Wildman–Crippen LogP) is 4.21. The van der Waals surface area contributed by atoms with Crippen LogP contribution in [0.3, 0.4) is 0 Å². The molecular weight excluding hydrogens is 390 g/mol. The highest BCUT2D eigenvalue weighted by Gasteiger charge is 2.33. The molecule has 2 unspecified atom stereocenters. The smallest absolute Gasteiger partial charge is 0.315 e. The zero-order chi connectivity index (χ0) is 22.4. The fourth-order valence-corrected chi connectivity index (χ4v) is 4.29. The van der Waals surface area contributed by atoms with Gasteiger partial charge in [-0.15, -0.1) is 0 Å². The van der Waals surface area contributed by atoms with Crippen LogP contribution in [0.2, 0.25) is 0 Å². The summed E-state index contributed by atoms with van der Waals surface area (Å²) in [5.41, 5.74) is 4.94. The summed E-state index contributed by atoms with van der Waals surface area (Å²) in [5, 5.41) is 6.08. The Kier molecular flexibility index (Phi) is 7.80. The second-order valence-electron chi connectivity index (χ2n) is 8.25. The molecule has 0 fully saturated rings. The monoisotopic (exact) mass is 425 g/mol. The molecule has 6 heteroatoms. The number of methoxy groups -OCH3 is 2. The van der Waals surface area contributed by atoms with Gasteiger partial charge in [0.1, 0.15) is 0 Å². The minimum absolute atomic E-state index is 0.0252. The van der Waals surface area contributed by atoms with Crippen molar-refractivity contribution in [3.63, 3.8) is 0 Å². The Labute approximate surface area is 185 Å². The van der Waals surface area contributed by atoms with E-state index in [-0.39, 0.29) is 18.1 Å². The first-order chi connectivity index (χ1) is 15.0. The van der Waals surface area contributed by atoms with Crippen molar-refractivity contribution in [2.45, 2.75) is 52.2 Å². The Morgan fingerprint density at radius 3 is 2.48 bits per heavy atom. The molecule has 0 bridgehead atoms. The van der Waals surface area contributed by atoms with E-state index in [4.69, 9.17) is 9.47 Å². The first kappa shape index (κ1) is 22.9. The second-order valence-corrected chi connectivity index (χ2v) is 8.25. The molecule has 3 rings (SSSR count). The number of nitrogens with zero attached hydrogens (tertiary/aromatic N) is 1. The average Bonchev–Trinajstić information content (AvgIpc) is 2.77. The minimum Gasteiger partial charge on any atom is -0.493 e. The zero-order valence-electron chi connectivity index (χ0n) is 19.3. The van der Waals surface area contributed by atoms with E-state index in [0.29, 0.717) is 12.3 Å². The van der Waals surface area contributed by atoms with Gasteiger partial charge < -0.3 is 20.1 Å². The quantitative estimate of drug-likeness (QED) is 0.665. The SMILES string of the molecule is CCCNC(=O)NC(C)C1c2cc(OC)c(OC)cc2CCN1Cc1ccc(C)cc1. The lowest BCUT2D eigenvalue weighted by molar-refractivity contribution is 0.143. The first-order valence-corrected chi connectivity index (χ1v) is 11.1. The van der Waals surface area contributed by atoms with E-state index in [1.807, 2.05) is 6.92 Å². The lowest BCUT2D eigenvalue weighted by atomic mass is 9.87. The molecule has 0 aromatic heterocycles. The molecule has 0 spiro atoms. The molecule has 0 aliphatic carbocycles. The molecule has 0 saturated heterocycles. The number of fused-ring (bicyclic) bond motifs is 1. The van der Waals surface area contributed by atoms with Gasteiger partial charge in [0.05, 0.1) is 20.3 Å². The van der Waals surface area contributed by atoms with Gasteiger partial charge in [-0.2, -0.15) is 0 Å². The lowest BCUT2D eigenvalue weighted by Crippen LogP contribution is -2.49. The van der Waals surface area contributed by atoms with E-state index in [1.54, 1.807) is 14.2 Å². The number of carbonyl (C=O) groups is 1. The van der Waals surface area contributed by atoms with E-state index >= 15 is 0 Å². The number of hydrogen-bond donors (Lipinski definition) is 2. The van der Waals surface area contributed by atoms with Crippen molar-refractivity contribution in [1.82, 2.24) is 15.5 Å². The van der Waals surface area contributed by atoms with Gasteiger partial charge in [-0.3, -0.25) is 4.90 Å². The fraction of sp³-hybridized carbons (Fsp3) is 0.480. The molecule has 1 aliphatic heterocycles. The summed E-state index contributed by atoms with van der Waals surface area (Å²) < 4.78 is 11.1. The number of carbonyl (C=O) groups excluding carboxylic acids is 1. The van der Waals surface area contributed by atoms with Crippen molar-refractivity contribution < 1.29 is 14.3 Å². The largest absolute Gasteiger partial charge is 0.493 e. The van der Waals surface area contributed by atoms with Crippen LogP contribution in [-0.2, 0) is 13.0 Å². The number of amides is 2. The summed E-state index contributed by atoms with van der Waals surface area (Å²) in [6.45, 7) is 8.61. The molecule has 31 heavy (non-hydrogen) atoms. The molecule has 0 radical (unpaired) electrons. The predicted molar refractivity (Wildman–Crippen MR) is 124 cm³/mol. The third-order valence-corrected chi connectivity index (χ3v) is 5.90. The Morgan fingerprint density at radius 2 is 1.84 bits per heavy atom. The van der Waals surface area contributed by atoms with Crippen LogP contribution in [0.25, 0.3) is 0 Å². The van der Waals surface area contributed by atoms with Crippen molar-refractivity contribution in [2.75, 3.05) is 27.3 Å². The molecule has 2 atom stereocenters. The van der Waals surface area contributed by atoms with Gasteiger partial charge in [0, 0.05) is 25.7 Å². The van der Waals surface area contributed by atoms with Crippen molar-refractivity contribution in [2.24, 2.45) is 0 Å². The van der Waals surface area contributed by atoms with Crippen LogP contribution in [0.4, 0.5) is 4.79 Å². The Morgan fingerprint density at radius 1 is 1.16 bits per heavy atom. The van der Waals surface area contributed by atoms with E-state index < -0.39 is 0 Å². The Balaban J connectivity index is 1.93. The maximum absolute atomic E-state index is 12.4. The van der Waals surface area contributed by atoms with Crippen LogP contribution in [0.5, 0.6) is 11.5 Å². The molecule has 0 saturated carbocycles. The minimum atomic E-state index is -0.128. The maximum Gasteiger partial charge on any atom is 0.315 e. The van der Waals surface area contributed by atoms with Crippen molar-refractivity contribution in [3.8, 4) is 11.5 Å². The second kappa shape index (κ2) is 10.5. The van der Waals surface area contributed by atoms with E-state index in [2.05, 4.69) is 65.8 Å². The molecule has 2 aromatic carbocycles.